The van der Waals surface area contributed by atoms with Gasteiger partial charge in [0.2, 0.25) is 0 Å². The van der Waals surface area contributed by atoms with E-state index in [2.05, 4.69) is 20.3 Å². The van der Waals surface area contributed by atoms with Gasteiger partial charge in [0.1, 0.15) is 12.1 Å². The lowest BCUT2D eigenvalue weighted by Crippen LogP contribution is -2.13. The minimum absolute atomic E-state index is 0.216. The lowest BCUT2D eigenvalue weighted by Gasteiger charge is -2.08. The van der Waals surface area contributed by atoms with Crippen LogP contribution in [0.2, 0.25) is 0 Å². The summed E-state index contributed by atoms with van der Waals surface area (Å²) in [6, 6.07) is 20.9. The summed E-state index contributed by atoms with van der Waals surface area (Å²) in [5.74, 6) is 0.519. The molecule has 3 aromatic heterocycles. The maximum Gasteiger partial charge on any atom is 0.257 e. The second kappa shape index (κ2) is 6.59. The average molecular weight is 365 g/mol. The Balaban J connectivity index is 1.42. The van der Waals surface area contributed by atoms with Gasteiger partial charge in [0.25, 0.3) is 5.91 Å². The molecule has 0 bridgehead atoms. The Bertz CT molecular complexity index is 1300. The predicted octanol–water partition coefficient (Wildman–Crippen LogP) is 4.22. The van der Waals surface area contributed by atoms with E-state index in [0.717, 1.165) is 22.2 Å². The van der Waals surface area contributed by atoms with Gasteiger partial charge in [-0.3, -0.25) is 14.3 Å². The highest BCUT2D eigenvalue weighted by atomic mass is 16.1. The van der Waals surface area contributed by atoms with Gasteiger partial charge in [-0.25, -0.2) is 9.97 Å². The zero-order valence-corrected chi connectivity index (χ0v) is 14.8. The Morgan fingerprint density at radius 3 is 2.64 bits per heavy atom. The van der Waals surface area contributed by atoms with Crippen LogP contribution < -0.4 is 5.32 Å². The van der Waals surface area contributed by atoms with E-state index < -0.39 is 0 Å². The van der Waals surface area contributed by atoms with Crippen LogP contribution in [0.4, 0.5) is 5.69 Å². The second-order valence-corrected chi connectivity index (χ2v) is 6.34. The number of benzene rings is 2. The Kier molecular flexibility index (Phi) is 3.80. The molecular formula is C22H15N5O. The standard InChI is InChI=1S/C22H15N5O/c28-22(17-7-3-5-15-6-4-12-23-21(15)17)26-16-10-11-20(24-13-16)27-14-25-18-8-1-2-9-19(18)27/h1-14H,(H,26,28). The number of anilines is 1. The van der Waals surface area contributed by atoms with Gasteiger partial charge in [-0.05, 0) is 36.4 Å². The number of pyridine rings is 2. The number of imidazole rings is 1. The molecule has 0 radical (unpaired) electrons. The molecule has 0 atom stereocenters. The molecule has 28 heavy (non-hydrogen) atoms. The van der Waals surface area contributed by atoms with E-state index in [9.17, 15) is 4.79 Å². The lowest BCUT2D eigenvalue weighted by atomic mass is 10.1. The zero-order valence-electron chi connectivity index (χ0n) is 14.8. The Hall–Kier alpha value is -4.06. The van der Waals surface area contributed by atoms with Crippen LogP contribution in [0.1, 0.15) is 10.4 Å². The fraction of sp³-hybridized carbons (Fsp3) is 0. The van der Waals surface area contributed by atoms with Gasteiger partial charge in [0.15, 0.2) is 0 Å². The number of amides is 1. The minimum atomic E-state index is -0.216. The molecular weight excluding hydrogens is 350 g/mol. The van der Waals surface area contributed by atoms with Crippen molar-refractivity contribution in [3.8, 4) is 5.82 Å². The van der Waals surface area contributed by atoms with Gasteiger partial charge in [-0.1, -0.05) is 30.3 Å². The molecule has 5 aromatic rings. The van der Waals surface area contributed by atoms with Crippen LogP contribution in [-0.4, -0.2) is 25.4 Å². The minimum Gasteiger partial charge on any atom is -0.321 e. The summed E-state index contributed by atoms with van der Waals surface area (Å²) in [6.45, 7) is 0. The number of aromatic nitrogens is 4. The van der Waals surface area contributed by atoms with Crippen molar-refractivity contribution in [2.24, 2.45) is 0 Å². The molecule has 0 spiro atoms. The van der Waals surface area contributed by atoms with E-state index in [4.69, 9.17) is 0 Å². The van der Waals surface area contributed by atoms with Crippen LogP contribution in [0.15, 0.2) is 85.5 Å². The maximum atomic E-state index is 12.7. The molecule has 1 amide bonds. The highest BCUT2D eigenvalue weighted by Gasteiger charge is 2.12. The molecule has 5 rings (SSSR count). The second-order valence-electron chi connectivity index (χ2n) is 6.34. The molecule has 134 valence electrons. The van der Waals surface area contributed by atoms with Crippen LogP contribution in [0, 0.1) is 0 Å². The van der Waals surface area contributed by atoms with Gasteiger partial charge < -0.3 is 5.32 Å². The summed E-state index contributed by atoms with van der Waals surface area (Å²) in [4.78, 5) is 25.9. The van der Waals surface area contributed by atoms with Gasteiger partial charge in [-0.2, -0.15) is 0 Å². The van der Waals surface area contributed by atoms with Gasteiger partial charge in [0, 0.05) is 11.6 Å². The van der Waals surface area contributed by atoms with Gasteiger partial charge in [-0.15, -0.1) is 0 Å². The number of hydrogen-bond acceptors (Lipinski definition) is 4. The first-order valence-electron chi connectivity index (χ1n) is 8.83. The van der Waals surface area contributed by atoms with Crippen LogP contribution in [0.3, 0.4) is 0 Å². The SMILES string of the molecule is O=C(Nc1ccc(-n2cnc3ccccc32)nc1)c1cccc2cccnc12. The molecule has 0 unspecified atom stereocenters. The summed E-state index contributed by atoms with van der Waals surface area (Å²) in [5.41, 5.74) is 3.71. The third-order valence-corrected chi connectivity index (χ3v) is 4.58. The van der Waals surface area contributed by atoms with Crippen LogP contribution in [0.25, 0.3) is 27.8 Å². The topological polar surface area (TPSA) is 72.7 Å². The summed E-state index contributed by atoms with van der Waals surface area (Å²) in [5, 5.41) is 3.82. The largest absolute Gasteiger partial charge is 0.321 e. The molecule has 0 aliphatic carbocycles. The fourth-order valence-electron chi connectivity index (χ4n) is 3.23. The van der Waals surface area contributed by atoms with Crippen molar-refractivity contribution in [3.63, 3.8) is 0 Å². The van der Waals surface area contributed by atoms with E-state index in [1.807, 2.05) is 65.2 Å². The third-order valence-electron chi connectivity index (χ3n) is 4.58. The van der Waals surface area contributed by atoms with Gasteiger partial charge in [0.05, 0.1) is 34.0 Å². The third kappa shape index (κ3) is 2.77. The zero-order chi connectivity index (χ0) is 18.9. The molecule has 0 saturated carbocycles. The first kappa shape index (κ1) is 16.1. The van der Waals surface area contributed by atoms with Crippen molar-refractivity contribution in [2.75, 3.05) is 5.32 Å². The first-order valence-corrected chi connectivity index (χ1v) is 8.83. The number of rotatable bonds is 3. The highest BCUT2D eigenvalue weighted by molar-refractivity contribution is 6.11. The van der Waals surface area contributed by atoms with E-state index in [0.29, 0.717) is 16.8 Å². The molecule has 1 N–H and O–H groups in total. The number of fused-ring (bicyclic) bond motifs is 2. The van der Waals surface area contributed by atoms with E-state index in [1.165, 1.54) is 0 Å². The van der Waals surface area contributed by atoms with E-state index in [-0.39, 0.29) is 5.91 Å². The molecule has 0 aliphatic heterocycles. The number of nitrogens with zero attached hydrogens (tertiary/aromatic N) is 4. The predicted molar refractivity (Wildman–Crippen MR) is 109 cm³/mol. The number of nitrogens with one attached hydrogen (secondary N) is 1. The smallest absolute Gasteiger partial charge is 0.257 e. The molecule has 0 fully saturated rings. The lowest BCUT2D eigenvalue weighted by molar-refractivity contribution is 0.102. The van der Waals surface area contributed by atoms with Gasteiger partial charge >= 0.3 is 0 Å². The van der Waals surface area contributed by atoms with Crippen molar-refractivity contribution in [1.82, 2.24) is 19.5 Å². The van der Waals surface area contributed by atoms with Crippen LogP contribution >= 0.6 is 0 Å². The van der Waals surface area contributed by atoms with Crippen LogP contribution in [0.5, 0.6) is 0 Å². The molecule has 2 aromatic carbocycles. The highest BCUT2D eigenvalue weighted by Crippen LogP contribution is 2.20. The molecule has 6 nitrogen and oxygen atoms in total. The molecule has 0 aliphatic rings. The Morgan fingerprint density at radius 2 is 1.75 bits per heavy atom. The van der Waals surface area contributed by atoms with Crippen molar-refractivity contribution >= 4 is 33.5 Å². The van der Waals surface area contributed by atoms with Crippen LogP contribution in [-0.2, 0) is 0 Å². The summed E-state index contributed by atoms with van der Waals surface area (Å²) >= 11 is 0. The number of hydrogen-bond donors (Lipinski definition) is 1. The van der Waals surface area contributed by atoms with Crippen molar-refractivity contribution in [1.29, 1.82) is 0 Å². The fourth-order valence-corrected chi connectivity index (χ4v) is 3.23. The van der Waals surface area contributed by atoms with Crippen molar-refractivity contribution < 1.29 is 4.79 Å². The van der Waals surface area contributed by atoms with E-state index >= 15 is 0 Å². The number of para-hydroxylation sites is 3. The summed E-state index contributed by atoms with van der Waals surface area (Å²) in [7, 11) is 0. The Labute approximate surface area is 160 Å². The average Bonchev–Trinajstić information content (AvgIpc) is 3.18. The maximum absolute atomic E-state index is 12.7. The normalized spacial score (nSPS) is 11.0. The quantitative estimate of drug-likeness (QED) is 0.519. The Morgan fingerprint density at radius 1 is 0.857 bits per heavy atom. The molecule has 0 saturated heterocycles. The summed E-state index contributed by atoms with van der Waals surface area (Å²) < 4.78 is 1.91. The molecule has 3 heterocycles. The summed E-state index contributed by atoms with van der Waals surface area (Å²) in [6.07, 6.45) is 5.07. The van der Waals surface area contributed by atoms with E-state index in [1.54, 1.807) is 24.8 Å². The number of carbonyl (C=O) groups excluding carboxylic acids is 1. The molecule has 6 heteroatoms. The van der Waals surface area contributed by atoms with Crippen molar-refractivity contribution in [2.45, 2.75) is 0 Å². The first-order chi connectivity index (χ1) is 13.8. The monoisotopic (exact) mass is 365 g/mol. The van der Waals surface area contributed by atoms with Crippen molar-refractivity contribution in [3.05, 3.63) is 91.0 Å². The number of carbonyl (C=O) groups is 1.